The van der Waals surface area contributed by atoms with Crippen LogP contribution in [0.4, 0.5) is 18.9 Å². The van der Waals surface area contributed by atoms with Gasteiger partial charge in [0.2, 0.25) is 0 Å². The largest absolute Gasteiger partial charge is 0.573 e. The molecule has 8 nitrogen and oxygen atoms in total. The van der Waals surface area contributed by atoms with Crippen molar-refractivity contribution in [3.8, 4) is 22.1 Å². The molecule has 0 spiro atoms. The minimum atomic E-state index is -4.73. The molecule has 0 unspecified atom stereocenters. The van der Waals surface area contributed by atoms with Gasteiger partial charge in [0.05, 0.1) is 17.1 Å². The van der Waals surface area contributed by atoms with Crippen LogP contribution in [0, 0.1) is 24.7 Å². The van der Waals surface area contributed by atoms with Gasteiger partial charge in [-0.2, -0.15) is 0 Å². The first-order valence-electron chi connectivity index (χ1n) is 12.6. The predicted octanol–water partition coefficient (Wildman–Crippen LogP) is 7.41. The van der Waals surface area contributed by atoms with E-state index in [0.717, 1.165) is 34.1 Å². The van der Waals surface area contributed by atoms with E-state index in [-0.39, 0.29) is 11.6 Å². The first kappa shape index (κ1) is 31.1. The van der Waals surface area contributed by atoms with Gasteiger partial charge in [-0.05, 0) is 54.8 Å². The molecule has 2 heterocycles. The van der Waals surface area contributed by atoms with Gasteiger partial charge >= 0.3 is 6.36 Å². The molecule has 0 saturated carbocycles. The van der Waals surface area contributed by atoms with E-state index < -0.39 is 6.36 Å². The maximum Gasteiger partial charge on any atom is 0.573 e. The molecule has 0 radical (unpaired) electrons. The van der Waals surface area contributed by atoms with Crippen LogP contribution in [0.15, 0.2) is 93.7 Å². The molecule has 0 aliphatic rings. The van der Waals surface area contributed by atoms with Gasteiger partial charge < -0.3 is 15.9 Å². The average molecular weight is 622 g/mol. The summed E-state index contributed by atoms with van der Waals surface area (Å²) in [6.07, 6.45) is -0.503. The van der Waals surface area contributed by atoms with Crippen LogP contribution in [0.2, 0.25) is 0 Å². The summed E-state index contributed by atoms with van der Waals surface area (Å²) in [6, 6.07) is 18.1. The number of thiazole rings is 2. The molecule has 0 amide bonds. The SMILES string of the molecule is Cc1cccc(C)c1-n1c(-c2nccs2)csc1=N.N=Cc1ccc(C(N)=NC=Nc2ccc(OC(F)(F)F)cc2)cc1. The maximum atomic E-state index is 12.0. The smallest absolute Gasteiger partial charge is 0.406 e. The van der Waals surface area contributed by atoms with E-state index in [1.165, 1.54) is 47.1 Å². The summed E-state index contributed by atoms with van der Waals surface area (Å²) < 4.78 is 41.9. The van der Waals surface area contributed by atoms with Crippen LogP contribution in [0.3, 0.4) is 0 Å². The number of hydrogen-bond donors (Lipinski definition) is 3. The molecule has 0 atom stereocenters. The van der Waals surface area contributed by atoms with E-state index in [1.54, 1.807) is 41.8 Å². The van der Waals surface area contributed by atoms with Crippen molar-refractivity contribution in [2.75, 3.05) is 0 Å². The molecule has 5 aromatic rings. The number of alkyl halides is 3. The molecule has 0 aliphatic heterocycles. The Labute approximate surface area is 253 Å². The molecule has 0 saturated heterocycles. The Hall–Kier alpha value is -4.88. The molecular weight excluding hydrogens is 596 g/mol. The van der Waals surface area contributed by atoms with Gasteiger partial charge in [-0.15, -0.1) is 35.8 Å². The van der Waals surface area contributed by atoms with Crippen LogP contribution in [0.5, 0.6) is 5.75 Å². The van der Waals surface area contributed by atoms with Gasteiger partial charge in [-0.25, -0.2) is 15.0 Å². The molecule has 0 bridgehead atoms. The molecule has 3 aromatic carbocycles. The van der Waals surface area contributed by atoms with Crippen molar-refractivity contribution in [1.82, 2.24) is 9.55 Å². The van der Waals surface area contributed by atoms with Crippen LogP contribution in [-0.4, -0.2) is 34.3 Å². The van der Waals surface area contributed by atoms with Crippen molar-refractivity contribution < 1.29 is 17.9 Å². The van der Waals surface area contributed by atoms with Gasteiger partial charge in [0, 0.05) is 28.7 Å². The Morgan fingerprint density at radius 2 is 1.67 bits per heavy atom. The van der Waals surface area contributed by atoms with E-state index in [0.29, 0.717) is 16.1 Å². The molecular formula is C30H26F3N7OS2. The molecule has 0 aliphatic carbocycles. The Bertz CT molecular complexity index is 1770. The zero-order valence-corrected chi connectivity index (χ0v) is 24.6. The zero-order chi connectivity index (χ0) is 31.0. The Kier molecular flexibility index (Phi) is 10.0. The standard InChI is InChI=1S/C16H13F3N4O.C14H13N3S2/c17-16(18,19)24-14-7-5-13(6-8-14)22-10-23-15(21)12-3-1-11(9-20)2-4-12;1-9-4-3-5-10(2)12(9)17-11(8-19-14(17)15)13-16-6-7-18-13/h1-10,20H,(H2,21,22,23);3-8,15H,1-2H3. The minimum absolute atomic E-state index is 0.229. The fraction of sp³-hybridized carbons (Fsp3) is 0.100. The summed E-state index contributed by atoms with van der Waals surface area (Å²) in [5, 5.41) is 20.2. The second-order valence-corrected chi connectivity index (χ2v) is 10.7. The minimum Gasteiger partial charge on any atom is -0.406 e. The number of para-hydroxylation sites is 1. The lowest BCUT2D eigenvalue weighted by Gasteiger charge is -2.13. The van der Waals surface area contributed by atoms with Crippen molar-refractivity contribution in [3.05, 3.63) is 111 Å². The summed E-state index contributed by atoms with van der Waals surface area (Å²) in [5.74, 6) is -0.0944. The maximum absolute atomic E-state index is 12.0. The van der Waals surface area contributed by atoms with Crippen molar-refractivity contribution in [2.24, 2.45) is 15.7 Å². The average Bonchev–Trinajstić information content (AvgIpc) is 3.64. The summed E-state index contributed by atoms with van der Waals surface area (Å²) in [7, 11) is 0. The number of ether oxygens (including phenoxy) is 1. The molecule has 43 heavy (non-hydrogen) atoms. The number of aliphatic imine (C=N–C) groups is 2. The van der Waals surface area contributed by atoms with Crippen LogP contribution in [0.25, 0.3) is 16.4 Å². The van der Waals surface area contributed by atoms with E-state index >= 15 is 0 Å². The number of hydrogen-bond acceptors (Lipinski definition) is 7. The van der Waals surface area contributed by atoms with Crippen LogP contribution in [-0.2, 0) is 0 Å². The highest BCUT2D eigenvalue weighted by molar-refractivity contribution is 7.13. The Morgan fingerprint density at radius 3 is 2.26 bits per heavy atom. The molecule has 4 N–H and O–H groups in total. The molecule has 0 fully saturated rings. The van der Waals surface area contributed by atoms with Crippen molar-refractivity contribution >= 4 is 46.7 Å². The van der Waals surface area contributed by atoms with Gasteiger partial charge in [-0.1, -0.05) is 42.5 Å². The highest BCUT2D eigenvalue weighted by atomic mass is 32.1. The Morgan fingerprint density at radius 1 is 1.00 bits per heavy atom. The fourth-order valence-electron chi connectivity index (χ4n) is 3.92. The third-order valence-corrected chi connectivity index (χ3v) is 7.43. The predicted molar refractivity (Wildman–Crippen MR) is 166 cm³/mol. The number of aromatic nitrogens is 2. The van der Waals surface area contributed by atoms with E-state index in [2.05, 4.69) is 45.7 Å². The number of benzene rings is 3. The summed E-state index contributed by atoms with van der Waals surface area (Å²) in [5.41, 5.74) is 12.1. The van der Waals surface area contributed by atoms with Crippen LogP contribution >= 0.6 is 22.7 Å². The zero-order valence-electron chi connectivity index (χ0n) is 23.0. The highest BCUT2D eigenvalue weighted by Crippen LogP contribution is 2.28. The van der Waals surface area contributed by atoms with Gasteiger partial charge in [-0.3, -0.25) is 9.98 Å². The monoisotopic (exact) mass is 621 g/mol. The van der Waals surface area contributed by atoms with Gasteiger partial charge in [0.15, 0.2) is 4.80 Å². The summed E-state index contributed by atoms with van der Waals surface area (Å²) in [4.78, 5) is 12.8. The number of nitrogens with one attached hydrogen (secondary N) is 2. The van der Waals surface area contributed by atoms with Crippen LogP contribution in [0.1, 0.15) is 22.3 Å². The summed E-state index contributed by atoms with van der Waals surface area (Å²) >= 11 is 3.04. The van der Waals surface area contributed by atoms with Crippen molar-refractivity contribution in [1.29, 1.82) is 10.8 Å². The summed E-state index contributed by atoms with van der Waals surface area (Å²) in [6.45, 7) is 4.16. The lowest BCUT2D eigenvalue weighted by atomic mass is 10.1. The van der Waals surface area contributed by atoms with E-state index in [4.69, 9.17) is 16.6 Å². The number of halogens is 3. The topological polar surface area (TPSA) is 125 Å². The molecule has 13 heteroatoms. The highest BCUT2D eigenvalue weighted by Gasteiger charge is 2.30. The number of aryl methyl sites for hydroxylation is 2. The van der Waals surface area contributed by atoms with Crippen molar-refractivity contribution in [3.63, 3.8) is 0 Å². The fourth-order valence-corrected chi connectivity index (χ4v) is 5.37. The molecule has 220 valence electrons. The quantitative estimate of drug-likeness (QED) is 0.129. The second kappa shape index (κ2) is 13.9. The number of nitrogens with two attached hydrogens (primary N) is 1. The molecule has 5 rings (SSSR count). The van der Waals surface area contributed by atoms with Gasteiger partial charge in [0.25, 0.3) is 0 Å². The van der Waals surface area contributed by atoms with Crippen molar-refractivity contribution in [2.45, 2.75) is 20.2 Å². The second-order valence-electron chi connectivity index (χ2n) is 8.91. The third-order valence-electron chi connectivity index (χ3n) is 5.89. The lowest BCUT2D eigenvalue weighted by Crippen LogP contribution is -2.16. The third kappa shape index (κ3) is 8.33. The number of nitrogens with zero attached hydrogens (tertiary/aromatic N) is 4. The first-order valence-corrected chi connectivity index (χ1v) is 14.4. The normalized spacial score (nSPS) is 11.7. The van der Waals surface area contributed by atoms with E-state index in [1.807, 2.05) is 21.4 Å². The Balaban J connectivity index is 0.000000202. The van der Waals surface area contributed by atoms with Crippen LogP contribution < -0.4 is 15.3 Å². The van der Waals surface area contributed by atoms with Gasteiger partial charge in [0.1, 0.15) is 22.9 Å². The molecule has 2 aromatic heterocycles. The van der Waals surface area contributed by atoms with E-state index in [9.17, 15) is 13.2 Å². The number of rotatable bonds is 7. The number of amidine groups is 1. The lowest BCUT2D eigenvalue weighted by molar-refractivity contribution is -0.274. The first-order chi connectivity index (χ1) is 20.6.